The summed E-state index contributed by atoms with van der Waals surface area (Å²) in [4.78, 5) is 13.0. The lowest BCUT2D eigenvalue weighted by Crippen LogP contribution is -2.06. The Hall–Kier alpha value is -2.07. The third kappa shape index (κ3) is 2.75. The molecule has 0 atom stereocenters. The van der Waals surface area contributed by atoms with Gasteiger partial charge in [-0.15, -0.1) is 11.3 Å². The molecular weight excluding hydrogens is 363 g/mol. The van der Waals surface area contributed by atoms with E-state index in [0.29, 0.717) is 20.7 Å². The Morgan fingerprint density at radius 1 is 0.917 bits per heavy atom. The van der Waals surface area contributed by atoms with Gasteiger partial charge >= 0.3 is 5.97 Å². The van der Waals surface area contributed by atoms with Crippen molar-refractivity contribution in [1.29, 1.82) is 0 Å². The Kier molecular flexibility index (Phi) is 3.93. The summed E-state index contributed by atoms with van der Waals surface area (Å²) in [5.41, 5.74) is 0. The summed E-state index contributed by atoms with van der Waals surface area (Å²) in [6.45, 7) is 0. The van der Waals surface area contributed by atoms with Crippen LogP contribution < -0.4 is 4.74 Å². The summed E-state index contributed by atoms with van der Waals surface area (Å²) in [5, 5.41) is 4.10. The Morgan fingerprint density at radius 3 is 2.54 bits per heavy atom. The van der Waals surface area contributed by atoms with E-state index in [2.05, 4.69) is 18.2 Å². The molecule has 24 heavy (non-hydrogen) atoms. The van der Waals surface area contributed by atoms with Crippen molar-refractivity contribution in [3.8, 4) is 5.75 Å². The molecule has 4 aromatic rings. The minimum absolute atomic E-state index is 0.299. The smallest absolute Gasteiger partial charge is 0.353 e. The van der Waals surface area contributed by atoms with Crippen LogP contribution >= 0.6 is 34.5 Å². The topological polar surface area (TPSA) is 26.3 Å². The van der Waals surface area contributed by atoms with Gasteiger partial charge in [-0.05, 0) is 40.4 Å². The van der Waals surface area contributed by atoms with E-state index in [4.69, 9.17) is 27.9 Å². The van der Waals surface area contributed by atoms with Crippen molar-refractivity contribution in [3.63, 3.8) is 0 Å². The van der Waals surface area contributed by atoms with Crippen molar-refractivity contribution >= 4 is 61.4 Å². The Morgan fingerprint density at radius 2 is 1.71 bits per heavy atom. The second-order valence-corrected chi connectivity index (χ2v) is 7.18. The summed E-state index contributed by atoms with van der Waals surface area (Å²) < 4.78 is 6.48. The predicted octanol–water partition coefficient (Wildman–Crippen LogP) is 6.58. The van der Waals surface area contributed by atoms with E-state index in [-0.39, 0.29) is 0 Å². The molecule has 0 bridgehead atoms. The van der Waals surface area contributed by atoms with Gasteiger partial charge in [0.1, 0.15) is 10.6 Å². The SMILES string of the molecule is O=C(Oc1ccc(Cl)cc1Cl)c1cc2ccc3ccccc3c2s1. The van der Waals surface area contributed by atoms with Crippen LogP contribution in [0.4, 0.5) is 0 Å². The summed E-state index contributed by atoms with van der Waals surface area (Å²) >= 11 is 13.3. The maximum atomic E-state index is 12.5. The molecule has 1 aromatic heterocycles. The molecule has 5 heteroatoms. The minimum atomic E-state index is -0.426. The number of halogens is 2. The molecule has 1 heterocycles. The Bertz CT molecular complexity index is 1090. The standard InChI is InChI=1S/C19H10Cl2O2S/c20-13-7-8-16(15(21)10-13)23-19(22)17-9-12-6-5-11-3-1-2-4-14(11)18(12)24-17/h1-10H. The average molecular weight is 373 g/mol. The molecule has 0 saturated heterocycles. The molecule has 4 rings (SSSR count). The highest BCUT2D eigenvalue weighted by molar-refractivity contribution is 7.21. The first-order valence-corrected chi connectivity index (χ1v) is 8.77. The number of ether oxygens (including phenoxy) is 1. The van der Waals surface area contributed by atoms with Crippen molar-refractivity contribution in [2.45, 2.75) is 0 Å². The highest BCUT2D eigenvalue weighted by atomic mass is 35.5. The molecular formula is C19H10Cl2O2S. The fraction of sp³-hybridized carbons (Fsp3) is 0. The van der Waals surface area contributed by atoms with Gasteiger partial charge in [-0.2, -0.15) is 0 Å². The van der Waals surface area contributed by atoms with Crippen molar-refractivity contribution in [2.24, 2.45) is 0 Å². The molecule has 118 valence electrons. The van der Waals surface area contributed by atoms with Crippen molar-refractivity contribution in [3.05, 3.63) is 75.6 Å². The first-order valence-electron chi connectivity index (χ1n) is 7.20. The quantitative estimate of drug-likeness (QED) is 0.293. The van der Waals surface area contributed by atoms with Gasteiger partial charge in [-0.25, -0.2) is 4.79 Å². The average Bonchev–Trinajstić information content (AvgIpc) is 3.02. The maximum Gasteiger partial charge on any atom is 0.353 e. The molecule has 0 radical (unpaired) electrons. The van der Waals surface area contributed by atoms with Crippen LogP contribution in [0.15, 0.2) is 60.7 Å². The summed E-state index contributed by atoms with van der Waals surface area (Å²) in [6.07, 6.45) is 0. The molecule has 0 unspecified atom stereocenters. The second kappa shape index (κ2) is 6.10. The summed E-state index contributed by atoms with van der Waals surface area (Å²) in [5.74, 6) is -0.127. The summed E-state index contributed by atoms with van der Waals surface area (Å²) in [7, 11) is 0. The molecule has 0 aliphatic rings. The monoisotopic (exact) mass is 372 g/mol. The van der Waals surface area contributed by atoms with Gasteiger partial charge in [0.2, 0.25) is 0 Å². The van der Waals surface area contributed by atoms with E-state index >= 15 is 0 Å². The first-order chi connectivity index (χ1) is 11.6. The van der Waals surface area contributed by atoms with E-state index in [0.717, 1.165) is 20.9 Å². The molecule has 0 saturated carbocycles. The first kappa shape index (κ1) is 15.5. The van der Waals surface area contributed by atoms with Gasteiger partial charge in [0.15, 0.2) is 0 Å². The molecule has 0 fully saturated rings. The van der Waals surface area contributed by atoms with Gasteiger partial charge in [0, 0.05) is 9.72 Å². The number of benzene rings is 3. The van der Waals surface area contributed by atoms with E-state index in [9.17, 15) is 4.79 Å². The van der Waals surface area contributed by atoms with Gasteiger partial charge in [0.05, 0.1) is 5.02 Å². The lowest BCUT2D eigenvalue weighted by Gasteiger charge is -2.04. The van der Waals surface area contributed by atoms with Crippen LogP contribution in [0, 0.1) is 0 Å². The van der Waals surface area contributed by atoms with Crippen LogP contribution in [0.5, 0.6) is 5.75 Å². The number of fused-ring (bicyclic) bond motifs is 3. The van der Waals surface area contributed by atoms with Crippen molar-refractivity contribution in [1.82, 2.24) is 0 Å². The number of carbonyl (C=O) groups is 1. The number of rotatable bonds is 2. The predicted molar refractivity (Wildman–Crippen MR) is 101 cm³/mol. The highest BCUT2D eigenvalue weighted by Crippen LogP contribution is 2.34. The highest BCUT2D eigenvalue weighted by Gasteiger charge is 2.15. The van der Waals surface area contributed by atoms with Crippen LogP contribution in [-0.4, -0.2) is 5.97 Å². The third-order valence-corrected chi connectivity index (χ3v) is 5.40. The number of carbonyl (C=O) groups excluding carboxylic acids is 1. The Balaban J connectivity index is 1.73. The zero-order valence-electron chi connectivity index (χ0n) is 12.3. The molecule has 0 aliphatic carbocycles. The van der Waals surface area contributed by atoms with Gasteiger partial charge in [0.25, 0.3) is 0 Å². The van der Waals surface area contributed by atoms with E-state index < -0.39 is 5.97 Å². The van der Waals surface area contributed by atoms with Crippen LogP contribution in [0.1, 0.15) is 9.67 Å². The van der Waals surface area contributed by atoms with E-state index in [1.165, 1.54) is 11.3 Å². The number of thiophene rings is 1. The molecule has 3 aromatic carbocycles. The lowest BCUT2D eigenvalue weighted by molar-refractivity contribution is 0.0740. The van der Waals surface area contributed by atoms with Crippen LogP contribution in [0.25, 0.3) is 20.9 Å². The van der Waals surface area contributed by atoms with Crippen molar-refractivity contribution in [2.75, 3.05) is 0 Å². The Labute approximate surface area is 152 Å². The van der Waals surface area contributed by atoms with Crippen LogP contribution in [0.3, 0.4) is 0 Å². The largest absolute Gasteiger partial charge is 0.421 e. The van der Waals surface area contributed by atoms with Gasteiger partial charge in [-0.3, -0.25) is 0 Å². The minimum Gasteiger partial charge on any atom is -0.421 e. The molecule has 0 amide bonds. The van der Waals surface area contributed by atoms with Gasteiger partial charge < -0.3 is 4.74 Å². The molecule has 0 N–H and O–H groups in total. The molecule has 0 aliphatic heterocycles. The van der Waals surface area contributed by atoms with Crippen LogP contribution in [-0.2, 0) is 0 Å². The normalized spacial score (nSPS) is 11.1. The number of hydrogen-bond acceptors (Lipinski definition) is 3. The van der Waals surface area contributed by atoms with Gasteiger partial charge in [-0.1, -0.05) is 59.6 Å². The lowest BCUT2D eigenvalue weighted by atomic mass is 10.1. The fourth-order valence-electron chi connectivity index (χ4n) is 2.58. The van der Waals surface area contributed by atoms with Crippen molar-refractivity contribution < 1.29 is 9.53 Å². The zero-order valence-corrected chi connectivity index (χ0v) is 14.6. The fourth-order valence-corrected chi connectivity index (χ4v) is 4.10. The molecule has 0 spiro atoms. The maximum absolute atomic E-state index is 12.5. The third-order valence-electron chi connectivity index (χ3n) is 3.71. The molecule has 2 nitrogen and oxygen atoms in total. The second-order valence-electron chi connectivity index (χ2n) is 5.28. The van der Waals surface area contributed by atoms with Crippen LogP contribution in [0.2, 0.25) is 10.0 Å². The summed E-state index contributed by atoms with van der Waals surface area (Å²) in [6, 6.07) is 18.8. The zero-order chi connectivity index (χ0) is 16.7. The van der Waals surface area contributed by atoms with E-state index in [1.807, 2.05) is 24.3 Å². The number of hydrogen-bond donors (Lipinski definition) is 0. The van der Waals surface area contributed by atoms with E-state index in [1.54, 1.807) is 18.2 Å². The number of esters is 1.